The smallest absolute Gasteiger partial charge is 0.141 e. The molecule has 0 saturated carbocycles. The minimum atomic E-state index is 0.490. The maximum Gasteiger partial charge on any atom is 0.141 e. The van der Waals surface area contributed by atoms with E-state index in [4.69, 9.17) is 10.5 Å². The zero-order valence-corrected chi connectivity index (χ0v) is 9.97. The van der Waals surface area contributed by atoms with Gasteiger partial charge in [0.05, 0.1) is 16.8 Å². The molecule has 0 unspecified atom stereocenters. The third kappa shape index (κ3) is 2.92. The average molecular weight is 260 g/mol. The molecule has 0 saturated heterocycles. The second-order valence-electron chi connectivity index (χ2n) is 2.87. The predicted octanol–water partition coefficient (Wildman–Crippen LogP) is 1.71. The number of nitrogen functional groups attached to an aromatic ring is 1. The zero-order chi connectivity index (χ0) is 10.6. The summed E-state index contributed by atoms with van der Waals surface area (Å²) in [5.74, 6) is 1.22. The number of rotatable bonds is 4. The highest BCUT2D eigenvalue weighted by molar-refractivity contribution is 9.10. The molecule has 4 nitrogen and oxygen atoms in total. The third-order valence-electron chi connectivity index (χ3n) is 1.76. The van der Waals surface area contributed by atoms with E-state index < -0.39 is 0 Å². The first kappa shape index (κ1) is 11.4. The van der Waals surface area contributed by atoms with Crippen molar-refractivity contribution in [3.05, 3.63) is 16.0 Å². The van der Waals surface area contributed by atoms with Gasteiger partial charge in [-0.1, -0.05) is 0 Å². The zero-order valence-electron chi connectivity index (χ0n) is 8.38. The molecule has 0 aliphatic heterocycles. The van der Waals surface area contributed by atoms with Gasteiger partial charge in [0, 0.05) is 13.0 Å². The van der Waals surface area contributed by atoms with E-state index >= 15 is 0 Å². The van der Waals surface area contributed by atoms with E-state index in [1.807, 2.05) is 13.8 Å². The van der Waals surface area contributed by atoms with Gasteiger partial charge in [0.15, 0.2) is 0 Å². The van der Waals surface area contributed by atoms with Crippen LogP contribution in [0.5, 0.6) is 0 Å². The Labute approximate surface area is 92.0 Å². The van der Waals surface area contributed by atoms with Crippen LogP contribution in [-0.2, 0) is 11.2 Å². The van der Waals surface area contributed by atoms with Crippen molar-refractivity contribution in [1.82, 2.24) is 9.97 Å². The van der Waals surface area contributed by atoms with Gasteiger partial charge in [-0.25, -0.2) is 9.97 Å². The maximum absolute atomic E-state index is 5.69. The van der Waals surface area contributed by atoms with E-state index in [1.165, 1.54) is 0 Å². The number of ether oxygens (including phenoxy) is 1. The van der Waals surface area contributed by atoms with Crippen LogP contribution in [0.25, 0.3) is 0 Å². The summed E-state index contributed by atoms with van der Waals surface area (Å²) < 4.78 is 5.99. The lowest BCUT2D eigenvalue weighted by atomic mass is 10.3. The van der Waals surface area contributed by atoms with Crippen LogP contribution < -0.4 is 5.73 Å². The Hall–Kier alpha value is -0.680. The fourth-order valence-electron chi connectivity index (χ4n) is 1.06. The van der Waals surface area contributed by atoms with E-state index in [9.17, 15) is 0 Å². The summed E-state index contributed by atoms with van der Waals surface area (Å²) in [5, 5.41) is 0. The van der Waals surface area contributed by atoms with Gasteiger partial charge in [-0.2, -0.15) is 0 Å². The Bertz CT molecular complexity index is 294. The van der Waals surface area contributed by atoms with Crippen molar-refractivity contribution >= 4 is 21.7 Å². The fourth-order valence-corrected chi connectivity index (χ4v) is 1.24. The van der Waals surface area contributed by atoms with Crippen LogP contribution in [0.1, 0.15) is 18.4 Å². The SMILES string of the molecule is CCOCCc1nc(C)c(Br)c(N)n1. The minimum Gasteiger partial charge on any atom is -0.383 e. The second-order valence-corrected chi connectivity index (χ2v) is 3.66. The quantitative estimate of drug-likeness (QED) is 0.837. The molecule has 0 amide bonds. The molecular formula is C9H14BrN3O. The van der Waals surface area contributed by atoms with Gasteiger partial charge in [-0.3, -0.25) is 0 Å². The van der Waals surface area contributed by atoms with Crippen molar-refractivity contribution in [1.29, 1.82) is 0 Å². The van der Waals surface area contributed by atoms with E-state index in [0.29, 0.717) is 25.5 Å². The number of nitrogens with zero attached hydrogens (tertiary/aromatic N) is 2. The van der Waals surface area contributed by atoms with E-state index in [1.54, 1.807) is 0 Å². The highest BCUT2D eigenvalue weighted by Crippen LogP contribution is 2.19. The van der Waals surface area contributed by atoms with Gasteiger partial charge in [-0.05, 0) is 29.8 Å². The Morgan fingerprint density at radius 1 is 1.43 bits per heavy atom. The van der Waals surface area contributed by atoms with Crippen LogP contribution in [0.15, 0.2) is 4.47 Å². The summed E-state index contributed by atoms with van der Waals surface area (Å²) in [7, 11) is 0. The number of anilines is 1. The first-order chi connectivity index (χ1) is 6.65. The van der Waals surface area contributed by atoms with Crippen molar-refractivity contribution in [2.45, 2.75) is 20.3 Å². The highest BCUT2D eigenvalue weighted by atomic mass is 79.9. The lowest BCUT2D eigenvalue weighted by Crippen LogP contribution is -2.06. The summed E-state index contributed by atoms with van der Waals surface area (Å²) in [6.07, 6.45) is 0.701. The molecule has 0 aromatic carbocycles. The molecule has 0 radical (unpaired) electrons. The van der Waals surface area contributed by atoms with Crippen LogP contribution in [0.3, 0.4) is 0 Å². The molecule has 0 bridgehead atoms. The molecule has 1 rings (SSSR count). The van der Waals surface area contributed by atoms with Crippen molar-refractivity contribution in [2.24, 2.45) is 0 Å². The van der Waals surface area contributed by atoms with Crippen LogP contribution in [0.2, 0.25) is 0 Å². The van der Waals surface area contributed by atoms with Crippen LogP contribution in [0.4, 0.5) is 5.82 Å². The lowest BCUT2D eigenvalue weighted by Gasteiger charge is -2.05. The van der Waals surface area contributed by atoms with Crippen molar-refractivity contribution < 1.29 is 4.74 Å². The number of hydrogen-bond acceptors (Lipinski definition) is 4. The number of nitrogens with two attached hydrogens (primary N) is 1. The molecule has 1 aromatic heterocycles. The van der Waals surface area contributed by atoms with Crippen molar-refractivity contribution in [2.75, 3.05) is 18.9 Å². The van der Waals surface area contributed by atoms with E-state index in [-0.39, 0.29) is 0 Å². The maximum atomic E-state index is 5.69. The first-order valence-electron chi connectivity index (χ1n) is 4.51. The van der Waals surface area contributed by atoms with Gasteiger partial charge in [0.1, 0.15) is 11.6 Å². The molecular weight excluding hydrogens is 246 g/mol. The Morgan fingerprint density at radius 2 is 2.14 bits per heavy atom. The van der Waals surface area contributed by atoms with Gasteiger partial charge >= 0.3 is 0 Å². The summed E-state index contributed by atoms with van der Waals surface area (Å²) in [4.78, 5) is 8.43. The normalized spacial score (nSPS) is 10.5. The summed E-state index contributed by atoms with van der Waals surface area (Å²) in [5.41, 5.74) is 6.55. The lowest BCUT2D eigenvalue weighted by molar-refractivity contribution is 0.149. The summed E-state index contributed by atoms with van der Waals surface area (Å²) in [6.45, 7) is 5.20. The Balaban J connectivity index is 2.69. The van der Waals surface area contributed by atoms with Crippen molar-refractivity contribution in [3.8, 4) is 0 Å². The largest absolute Gasteiger partial charge is 0.383 e. The average Bonchev–Trinajstić information content (AvgIpc) is 2.14. The number of halogens is 1. The number of aromatic nitrogens is 2. The third-order valence-corrected chi connectivity index (χ3v) is 2.74. The molecule has 0 atom stereocenters. The molecule has 5 heteroatoms. The molecule has 78 valence electrons. The summed E-state index contributed by atoms with van der Waals surface area (Å²) in [6, 6.07) is 0. The predicted molar refractivity (Wildman–Crippen MR) is 59.1 cm³/mol. The first-order valence-corrected chi connectivity index (χ1v) is 5.30. The van der Waals surface area contributed by atoms with Gasteiger partial charge in [0.25, 0.3) is 0 Å². The van der Waals surface area contributed by atoms with Crippen molar-refractivity contribution in [3.63, 3.8) is 0 Å². The fraction of sp³-hybridized carbons (Fsp3) is 0.556. The van der Waals surface area contributed by atoms with Gasteiger partial charge in [0.2, 0.25) is 0 Å². The van der Waals surface area contributed by atoms with E-state index in [0.717, 1.165) is 16.0 Å². The minimum absolute atomic E-state index is 0.490. The molecule has 0 fully saturated rings. The van der Waals surface area contributed by atoms with Crippen LogP contribution in [0, 0.1) is 6.92 Å². The van der Waals surface area contributed by atoms with Gasteiger partial charge in [-0.15, -0.1) is 0 Å². The summed E-state index contributed by atoms with van der Waals surface area (Å²) >= 11 is 3.31. The molecule has 0 spiro atoms. The van der Waals surface area contributed by atoms with Crippen LogP contribution >= 0.6 is 15.9 Å². The molecule has 0 aliphatic carbocycles. The molecule has 0 aliphatic rings. The Morgan fingerprint density at radius 3 is 2.71 bits per heavy atom. The Kier molecular flexibility index (Phi) is 4.28. The monoisotopic (exact) mass is 259 g/mol. The molecule has 2 N–H and O–H groups in total. The molecule has 14 heavy (non-hydrogen) atoms. The van der Waals surface area contributed by atoms with Crippen LogP contribution in [-0.4, -0.2) is 23.2 Å². The number of hydrogen-bond donors (Lipinski definition) is 1. The molecule has 1 heterocycles. The highest BCUT2D eigenvalue weighted by Gasteiger charge is 2.05. The van der Waals surface area contributed by atoms with Gasteiger partial charge < -0.3 is 10.5 Å². The topological polar surface area (TPSA) is 61.0 Å². The second kappa shape index (κ2) is 5.26. The number of aryl methyl sites for hydroxylation is 1. The molecule has 1 aromatic rings. The standard InChI is InChI=1S/C9H14BrN3O/c1-3-14-5-4-7-12-6(2)8(10)9(11)13-7/h3-5H2,1-2H3,(H2,11,12,13). The van der Waals surface area contributed by atoms with E-state index in [2.05, 4.69) is 25.9 Å².